The summed E-state index contributed by atoms with van der Waals surface area (Å²) >= 11 is 0. The molecule has 0 aliphatic heterocycles. The molecular formula is C26H17NO2. The number of aromatic nitrogens is 1. The third-order valence-electron chi connectivity index (χ3n) is 4.92. The largest absolute Gasteiger partial charge is 0.422 e. The summed E-state index contributed by atoms with van der Waals surface area (Å²) in [4.78, 5) is 17.7. The topological polar surface area (TPSA) is 43.1 Å². The smallest absolute Gasteiger partial charge is 0.346 e. The molecular weight excluding hydrogens is 358 g/mol. The third-order valence-corrected chi connectivity index (χ3v) is 4.92. The van der Waals surface area contributed by atoms with Crippen molar-refractivity contribution in [2.75, 3.05) is 0 Å². The zero-order chi connectivity index (χ0) is 19.6. The second-order valence-corrected chi connectivity index (χ2v) is 6.81. The summed E-state index contributed by atoms with van der Waals surface area (Å²) in [6, 6.07) is 29.4. The molecule has 0 N–H and O–H groups in total. The first kappa shape index (κ1) is 17.1. The summed E-state index contributed by atoms with van der Waals surface area (Å²) < 4.78 is 5.59. The lowest BCUT2D eigenvalue weighted by atomic mass is 9.99. The molecule has 0 fully saturated rings. The van der Waals surface area contributed by atoms with Crippen molar-refractivity contribution in [3.63, 3.8) is 0 Å². The van der Waals surface area contributed by atoms with Gasteiger partial charge in [-0.05, 0) is 35.4 Å². The predicted molar refractivity (Wildman–Crippen MR) is 119 cm³/mol. The fourth-order valence-corrected chi connectivity index (χ4v) is 3.55. The second kappa shape index (κ2) is 7.21. The summed E-state index contributed by atoms with van der Waals surface area (Å²) in [6.45, 7) is 0. The molecule has 3 heteroatoms. The molecule has 5 rings (SSSR count). The van der Waals surface area contributed by atoms with Crippen molar-refractivity contribution in [3.05, 3.63) is 113 Å². The maximum Gasteiger partial charge on any atom is 0.346 e. The Bertz CT molecular complexity index is 1400. The van der Waals surface area contributed by atoms with Gasteiger partial charge in [-0.2, -0.15) is 0 Å². The van der Waals surface area contributed by atoms with Gasteiger partial charge in [0.15, 0.2) is 0 Å². The number of fused-ring (bicyclic) bond motifs is 3. The molecule has 0 aliphatic rings. The molecule has 138 valence electrons. The summed E-state index contributed by atoms with van der Waals surface area (Å²) in [5.41, 5.74) is 4.49. The molecule has 0 spiro atoms. The number of hydrogen-bond acceptors (Lipinski definition) is 3. The molecule has 5 aromatic rings. The van der Waals surface area contributed by atoms with Gasteiger partial charge in [0.2, 0.25) is 0 Å². The summed E-state index contributed by atoms with van der Waals surface area (Å²) in [5, 5.41) is 1.33. The minimum atomic E-state index is -0.372. The molecule has 3 aromatic carbocycles. The van der Waals surface area contributed by atoms with Crippen LogP contribution in [0.15, 0.2) is 100 Å². The molecule has 0 saturated carbocycles. The van der Waals surface area contributed by atoms with E-state index >= 15 is 0 Å². The summed E-state index contributed by atoms with van der Waals surface area (Å²) in [6.07, 6.45) is 4.00. The highest BCUT2D eigenvalue weighted by atomic mass is 16.4. The zero-order valence-corrected chi connectivity index (χ0v) is 15.6. The Kier molecular flexibility index (Phi) is 4.26. The van der Waals surface area contributed by atoms with E-state index in [1.54, 1.807) is 6.07 Å². The standard InChI is InChI=1S/C26H17NO2/c28-26-24-22(19-11-5-2-6-12-19)17-20(16-15-18-9-3-1-4-10-18)27-25(24)21-13-7-8-14-23(21)29-26/h1-17H/b16-15+. The van der Waals surface area contributed by atoms with E-state index in [9.17, 15) is 4.79 Å². The van der Waals surface area contributed by atoms with E-state index in [2.05, 4.69) is 0 Å². The van der Waals surface area contributed by atoms with Gasteiger partial charge in [-0.25, -0.2) is 9.78 Å². The van der Waals surface area contributed by atoms with Gasteiger partial charge in [-0.3, -0.25) is 0 Å². The van der Waals surface area contributed by atoms with Gasteiger partial charge >= 0.3 is 5.63 Å². The average Bonchev–Trinajstić information content (AvgIpc) is 2.78. The molecule has 0 saturated heterocycles. The zero-order valence-electron chi connectivity index (χ0n) is 15.6. The van der Waals surface area contributed by atoms with E-state index in [0.29, 0.717) is 16.5 Å². The van der Waals surface area contributed by atoms with Crippen LogP contribution in [0.1, 0.15) is 11.3 Å². The number of hydrogen-bond donors (Lipinski definition) is 0. The minimum Gasteiger partial charge on any atom is -0.422 e. The molecule has 0 amide bonds. The maximum absolute atomic E-state index is 12.9. The van der Waals surface area contributed by atoms with Crippen LogP contribution >= 0.6 is 0 Å². The Labute approximate surface area is 167 Å². The fourth-order valence-electron chi connectivity index (χ4n) is 3.55. The Morgan fingerprint density at radius 1 is 0.759 bits per heavy atom. The first-order valence-corrected chi connectivity index (χ1v) is 9.45. The number of para-hydroxylation sites is 1. The lowest BCUT2D eigenvalue weighted by Gasteiger charge is -2.09. The van der Waals surface area contributed by atoms with Gasteiger partial charge in [0.05, 0.1) is 16.6 Å². The number of rotatable bonds is 3. The van der Waals surface area contributed by atoms with E-state index < -0.39 is 0 Å². The van der Waals surface area contributed by atoms with Crippen LogP contribution in [0.2, 0.25) is 0 Å². The second-order valence-electron chi connectivity index (χ2n) is 6.81. The molecule has 3 nitrogen and oxygen atoms in total. The molecule has 2 heterocycles. The third kappa shape index (κ3) is 3.23. The quantitative estimate of drug-likeness (QED) is 0.279. The average molecular weight is 375 g/mol. The van der Waals surface area contributed by atoms with Gasteiger partial charge in [0.25, 0.3) is 0 Å². The molecule has 2 aromatic heterocycles. The van der Waals surface area contributed by atoms with E-state index in [1.807, 2.05) is 97.1 Å². The lowest BCUT2D eigenvalue weighted by Crippen LogP contribution is -2.04. The van der Waals surface area contributed by atoms with E-state index in [-0.39, 0.29) is 5.63 Å². The van der Waals surface area contributed by atoms with Crippen LogP contribution in [0.3, 0.4) is 0 Å². The van der Waals surface area contributed by atoms with Crippen molar-refractivity contribution in [3.8, 4) is 11.1 Å². The number of pyridine rings is 1. The van der Waals surface area contributed by atoms with Gasteiger partial charge in [-0.15, -0.1) is 0 Å². The highest BCUT2D eigenvalue weighted by Gasteiger charge is 2.15. The van der Waals surface area contributed by atoms with Gasteiger partial charge < -0.3 is 4.42 Å². The van der Waals surface area contributed by atoms with Crippen LogP contribution in [0.25, 0.3) is 45.2 Å². The summed E-state index contributed by atoms with van der Waals surface area (Å²) in [7, 11) is 0. The van der Waals surface area contributed by atoms with E-state index in [1.165, 1.54) is 0 Å². The fraction of sp³-hybridized carbons (Fsp3) is 0. The predicted octanol–water partition coefficient (Wildman–Crippen LogP) is 6.18. The molecule has 29 heavy (non-hydrogen) atoms. The molecule has 0 radical (unpaired) electrons. The van der Waals surface area contributed by atoms with Crippen molar-refractivity contribution in [1.29, 1.82) is 0 Å². The maximum atomic E-state index is 12.9. The van der Waals surface area contributed by atoms with Crippen molar-refractivity contribution < 1.29 is 4.42 Å². The van der Waals surface area contributed by atoms with E-state index in [0.717, 1.165) is 27.8 Å². The normalized spacial score (nSPS) is 11.4. The van der Waals surface area contributed by atoms with Crippen molar-refractivity contribution in [2.24, 2.45) is 0 Å². The summed E-state index contributed by atoms with van der Waals surface area (Å²) in [5.74, 6) is 0. The number of nitrogens with zero attached hydrogens (tertiary/aromatic N) is 1. The Hall–Kier alpha value is -3.98. The van der Waals surface area contributed by atoms with Crippen molar-refractivity contribution in [2.45, 2.75) is 0 Å². The van der Waals surface area contributed by atoms with Crippen LogP contribution in [0.4, 0.5) is 0 Å². The van der Waals surface area contributed by atoms with Crippen LogP contribution in [0.5, 0.6) is 0 Å². The van der Waals surface area contributed by atoms with Crippen molar-refractivity contribution in [1.82, 2.24) is 4.98 Å². The van der Waals surface area contributed by atoms with Crippen molar-refractivity contribution >= 4 is 34.0 Å². The Morgan fingerprint density at radius 2 is 1.45 bits per heavy atom. The van der Waals surface area contributed by atoms with Gasteiger partial charge in [0, 0.05) is 10.9 Å². The Balaban J connectivity index is 1.82. The van der Waals surface area contributed by atoms with E-state index in [4.69, 9.17) is 9.40 Å². The van der Waals surface area contributed by atoms with Crippen LogP contribution in [-0.4, -0.2) is 4.98 Å². The Morgan fingerprint density at radius 3 is 2.24 bits per heavy atom. The minimum absolute atomic E-state index is 0.372. The molecule has 0 aliphatic carbocycles. The highest BCUT2D eigenvalue weighted by Crippen LogP contribution is 2.31. The van der Waals surface area contributed by atoms with Gasteiger partial charge in [0.1, 0.15) is 5.58 Å². The SMILES string of the molecule is O=c1oc2ccccc2c2nc(/C=C/c3ccccc3)cc(-c3ccccc3)c12. The molecule has 0 bridgehead atoms. The van der Waals surface area contributed by atoms with Crippen LogP contribution < -0.4 is 5.63 Å². The van der Waals surface area contributed by atoms with Crippen LogP contribution in [-0.2, 0) is 0 Å². The first-order chi connectivity index (χ1) is 14.3. The first-order valence-electron chi connectivity index (χ1n) is 9.45. The highest BCUT2D eigenvalue weighted by molar-refractivity contribution is 6.07. The molecule has 0 atom stereocenters. The number of benzene rings is 3. The van der Waals surface area contributed by atoms with Crippen LogP contribution in [0, 0.1) is 0 Å². The molecule has 0 unspecified atom stereocenters. The lowest BCUT2D eigenvalue weighted by molar-refractivity contribution is 0.569. The monoisotopic (exact) mass is 375 g/mol. The van der Waals surface area contributed by atoms with Gasteiger partial charge in [-0.1, -0.05) is 78.9 Å².